The molecule has 16 nitrogen and oxygen atoms in total. The Kier molecular flexibility index (Phi) is 35.3. The van der Waals surface area contributed by atoms with Crippen LogP contribution in [0.1, 0.15) is 123 Å². The van der Waals surface area contributed by atoms with Crippen molar-refractivity contribution in [1.82, 2.24) is 0 Å². The van der Waals surface area contributed by atoms with Crippen molar-refractivity contribution in [3.63, 3.8) is 0 Å². The lowest BCUT2D eigenvalue weighted by atomic mass is 10.1. The van der Waals surface area contributed by atoms with Crippen molar-refractivity contribution in [2.24, 2.45) is 0 Å². The Morgan fingerprint density at radius 2 is 1.04 bits per heavy atom. The van der Waals surface area contributed by atoms with Crippen LogP contribution < -0.4 is 14.2 Å². The first-order valence-electron chi connectivity index (χ1n) is 28.6. The van der Waals surface area contributed by atoms with Crippen molar-refractivity contribution >= 4 is 103 Å². The van der Waals surface area contributed by atoms with Crippen LogP contribution in [-0.2, 0) is 67.3 Å². The van der Waals surface area contributed by atoms with Crippen molar-refractivity contribution in [2.45, 2.75) is 134 Å². The fourth-order valence-corrected chi connectivity index (χ4v) is 12.4. The Morgan fingerprint density at radius 1 is 0.527 bits per heavy atom. The summed E-state index contributed by atoms with van der Waals surface area (Å²) in [5, 5.41) is 52.6. The molecule has 0 aliphatic carbocycles. The molecule has 0 aliphatic heterocycles. The number of carbonyl (C=O) groups excluding carboxylic acids is 1. The van der Waals surface area contributed by atoms with Gasteiger partial charge >= 0.3 is 42.4 Å². The number of rotatable bonds is 21. The van der Waals surface area contributed by atoms with E-state index in [4.69, 9.17) is 40.1 Å². The summed E-state index contributed by atoms with van der Waals surface area (Å²) < 4.78 is 39.8. The number of hydrogen-bond acceptors (Lipinski definition) is 14. The van der Waals surface area contributed by atoms with Gasteiger partial charge in [-0.3, -0.25) is 24.0 Å². The van der Waals surface area contributed by atoms with Crippen LogP contribution in [0, 0.1) is 55.4 Å². The Balaban J connectivity index is 0.000000362. The van der Waals surface area contributed by atoms with Gasteiger partial charge in [-0.15, -0.1) is 45.3 Å². The van der Waals surface area contributed by atoms with Gasteiger partial charge in [-0.2, -0.15) is 8.78 Å². The Bertz CT molecular complexity index is 3680. The molecule has 0 amide bonds. The van der Waals surface area contributed by atoms with E-state index < -0.39 is 48.2 Å². The van der Waals surface area contributed by atoms with Crippen LogP contribution >= 0.6 is 45.3 Å². The number of aliphatic carboxylic acids is 6. The number of halogens is 2. The van der Waals surface area contributed by atoms with E-state index in [1.54, 1.807) is 61.8 Å². The van der Waals surface area contributed by atoms with Gasteiger partial charge in [0.05, 0.1) is 43.4 Å². The zero-order valence-electron chi connectivity index (χ0n) is 53.1. The molecule has 91 heavy (non-hydrogen) atoms. The standard InChI is InChI=1S/C11H12O4.C11H14O3.C10H14O2S.C10H10O2.C10H10S.C9H12O2S.C8H8F2O3S/c1-3-15-9-6-7(2)4-5-8(9)10(12)11(13)14;1-8-3-4-9(5-6-11(12)13)10(7-8)14-2;1-3-4-8-5-7(2)13-9(8)6-10(11)12;1-8-2-4-9(5-3-8)6-7-10(11)12;1-7-4-3-5-9-6-8(2)11-10(7)9;1-3-7-4-6(2)12-8(7)5-9(10)11;1-4-2-5(13-8(9)10)6(14-4)3-7(11)12/h4-6H,3H2,1-2H3,(H,13,14);3-4,7H,5-6H2,1-2H3,(H,12,13);5H,3-4,6H2,1-2H3,(H,11,12);2-7H,1H3,(H,11,12);3-6H,1-2H3;4H,3,5H2,1-2H3,(H,10,11);2,8H,3H2,1H3,(H,11,12)/b;;;7-6+;;;. The quantitative estimate of drug-likeness (QED) is 0.0222. The molecule has 0 saturated carbocycles. The van der Waals surface area contributed by atoms with Gasteiger partial charge in [-0.1, -0.05) is 86.5 Å². The second-order valence-corrected chi connectivity index (χ2v) is 25.4. The lowest BCUT2D eigenvalue weighted by molar-refractivity contribution is -0.137. The summed E-state index contributed by atoms with van der Waals surface area (Å²) >= 11 is 6.21. The average Bonchev–Trinajstić information content (AvgIpc) is 2.11. The number of alkyl halides is 2. The maximum atomic E-state index is 11.9. The van der Waals surface area contributed by atoms with Crippen LogP contribution in [0.15, 0.2) is 109 Å². The van der Waals surface area contributed by atoms with Crippen LogP contribution in [-0.4, -0.2) is 92.6 Å². The van der Waals surface area contributed by atoms with Crippen molar-refractivity contribution < 1.29 is 87.2 Å². The van der Waals surface area contributed by atoms with E-state index in [0.29, 0.717) is 23.7 Å². The van der Waals surface area contributed by atoms with Crippen LogP contribution in [0.5, 0.6) is 17.2 Å². The molecule has 0 unspecified atom stereocenters. The van der Waals surface area contributed by atoms with Crippen LogP contribution in [0.25, 0.3) is 16.2 Å². The van der Waals surface area contributed by atoms with Gasteiger partial charge in [-0.25, -0.2) is 9.59 Å². The van der Waals surface area contributed by atoms with E-state index in [-0.39, 0.29) is 37.0 Å². The lowest BCUT2D eigenvalue weighted by Gasteiger charge is -2.08. The fraction of sp³-hybridized carbons (Fsp3) is 0.319. The minimum absolute atomic E-state index is 0.0371. The maximum Gasteiger partial charge on any atom is 0.387 e. The highest BCUT2D eigenvalue weighted by molar-refractivity contribution is 7.19. The second kappa shape index (κ2) is 40.9. The van der Waals surface area contributed by atoms with E-state index in [9.17, 15) is 42.3 Å². The third kappa shape index (κ3) is 30.7. The third-order valence-electron chi connectivity index (χ3n) is 12.3. The van der Waals surface area contributed by atoms with Crippen molar-refractivity contribution in [3.8, 4) is 17.2 Å². The summed E-state index contributed by atoms with van der Waals surface area (Å²) in [6, 6.07) is 32.5. The molecule has 0 radical (unpaired) electrons. The summed E-state index contributed by atoms with van der Waals surface area (Å²) in [4.78, 5) is 80.6. The summed E-state index contributed by atoms with van der Waals surface area (Å²) in [5.41, 5.74) is 8.93. The van der Waals surface area contributed by atoms with Crippen LogP contribution in [0.2, 0.25) is 0 Å². The molecule has 8 rings (SSSR count). The number of Topliss-reactive ketones (excluding diaryl/α,β-unsaturated/α-hetero) is 1. The van der Waals surface area contributed by atoms with E-state index in [1.165, 1.54) is 59.1 Å². The minimum atomic E-state index is -2.92. The van der Waals surface area contributed by atoms with Gasteiger partial charge in [0.2, 0.25) is 0 Å². The van der Waals surface area contributed by atoms with Gasteiger partial charge in [0.25, 0.3) is 5.78 Å². The summed E-state index contributed by atoms with van der Waals surface area (Å²) in [5.74, 6) is -5.61. The number of hydrogen-bond donors (Lipinski definition) is 6. The number of methoxy groups -OCH3 is 1. The molecular formula is C69H80F2O16S4. The lowest BCUT2D eigenvalue weighted by Crippen LogP contribution is -2.14. The van der Waals surface area contributed by atoms with E-state index in [1.807, 2.05) is 95.3 Å². The van der Waals surface area contributed by atoms with Gasteiger partial charge < -0.3 is 44.8 Å². The molecule has 490 valence electrons. The molecule has 0 fully saturated rings. The Labute approximate surface area is 545 Å². The predicted molar refractivity (Wildman–Crippen MR) is 358 cm³/mol. The highest BCUT2D eigenvalue weighted by atomic mass is 32.1. The number of ether oxygens (including phenoxy) is 3. The monoisotopic (exact) mass is 1330 g/mol. The molecular weight excluding hydrogens is 1250 g/mol. The van der Waals surface area contributed by atoms with Gasteiger partial charge in [0.1, 0.15) is 17.2 Å². The smallest absolute Gasteiger partial charge is 0.387 e. The Morgan fingerprint density at radius 3 is 1.55 bits per heavy atom. The summed E-state index contributed by atoms with van der Waals surface area (Å²) in [7, 11) is 1.60. The van der Waals surface area contributed by atoms with E-state index >= 15 is 0 Å². The summed E-state index contributed by atoms with van der Waals surface area (Å²) in [6.07, 6.45) is 6.39. The minimum Gasteiger partial charge on any atom is -0.496 e. The molecule has 0 atom stereocenters. The summed E-state index contributed by atoms with van der Waals surface area (Å²) in [6.45, 7) is 19.3. The maximum absolute atomic E-state index is 11.9. The van der Waals surface area contributed by atoms with E-state index in [0.717, 1.165) is 79.3 Å². The SMILES string of the molecule is CCCc1cc(C)sc1CC(=O)O.CCOc1cc(C)ccc1C(=O)C(=O)O.CCc1cc(C)sc1CC(=O)O.COc1cc(C)ccc1CCC(=O)O.Cc1cc(OC(F)F)c(CC(=O)O)s1.Cc1cc2cccc(C)c2s1.Cc1ccc(/C=C/C(=O)O)cc1. The fourth-order valence-electron chi connectivity index (χ4n) is 8.27. The number of thiophene rings is 4. The van der Waals surface area contributed by atoms with Gasteiger partial charge in [0, 0.05) is 46.5 Å². The van der Waals surface area contributed by atoms with E-state index in [2.05, 4.69) is 61.9 Å². The second-order valence-electron chi connectivity index (χ2n) is 20.2. The zero-order chi connectivity index (χ0) is 68.5. The molecule has 8 aromatic rings. The molecule has 6 N–H and O–H groups in total. The first-order valence-corrected chi connectivity index (χ1v) is 31.8. The molecule has 4 aromatic carbocycles. The highest BCUT2D eigenvalue weighted by Crippen LogP contribution is 2.31. The normalized spacial score (nSPS) is 10.2. The van der Waals surface area contributed by atoms with Gasteiger partial charge in [0.15, 0.2) is 0 Å². The molecule has 0 aliphatic rings. The van der Waals surface area contributed by atoms with Crippen LogP contribution in [0.4, 0.5) is 8.78 Å². The largest absolute Gasteiger partial charge is 0.496 e. The number of ketones is 1. The third-order valence-corrected chi connectivity index (χ3v) is 16.7. The Hall–Kier alpha value is -8.57. The number of carboxylic acids is 6. The highest BCUT2D eigenvalue weighted by Gasteiger charge is 2.20. The van der Waals surface area contributed by atoms with Crippen molar-refractivity contribution in [3.05, 3.63) is 193 Å². The first kappa shape index (κ1) is 78.5. The number of benzene rings is 4. The number of aryl methyl sites for hydroxylation is 11. The molecule has 4 aromatic heterocycles. The van der Waals surface area contributed by atoms with Crippen LogP contribution in [0.3, 0.4) is 0 Å². The average molecular weight is 1330 g/mol. The zero-order valence-corrected chi connectivity index (χ0v) is 56.3. The molecule has 4 heterocycles. The molecule has 0 saturated heterocycles. The topological polar surface area (TPSA) is 269 Å². The molecule has 22 heteroatoms. The van der Waals surface area contributed by atoms with Gasteiger partial charge in [-0.05, 0) is 174 Å². The molecule has 0 bridgehead atoms. The van der Waals surface area contributed by atoms with Crippen molar-refractivity contribution in [2.75, 3.05) is 13.7 Å². The number of carbonyl (C=O) groups is 7. The number of carboxylic acid groups (broad SMARTS) is 6. The molecule has 0 spiro atoms. The number of fused-ring (bicyclic) bond motifs is 1. The first-order chi connectivity index (χ1) is 42.9. The van der Waals surface area contributed by atoms with Crippen molar-refractivity contribution in [1.29, 1.82) is 0 Å². The predicted octanol–water partition coefficient (Wildman–Crippen LogP) is 16.5.